The van der Waals surface area contributed by atoms with Gasteiger partial charge in [-0.15, -0.1) is 0 Å². The van der Waals surface area contributed by atoms with Crippen molar-refractivity contribution >= 4 is 17.3 Å². The fourth-order valence-corrected chi connectivity index (χ4v) is 2.33. The number of benzene rings is 1. The molecule has 1 aromatic carbocycles. The van der Waals surface area contributed by atoms with Gasteiger partial charge in [0, 0.05) is 32.0 Å². The summed E-state index contributed by atoms with van der Waals surface area (Å²) >= 11 is 5.50. The highest BCUT2D eigenvalue weighted by Gasteiger charge is 2.08. The minimum atomic E-state index is 0.704. The topological polar surface area (TPSA) is 37.4 Å². The molecule has 1 aromatic heterocycles. The first kappa shape index (κ1) is 16.2. The number of rotatable bonds is 6. The van der Waals surface area contributed by atoms with Gasteiger partial charge in [-0.3, -0.25) is 4.98 Å². The van der Waals surface area contributed by atoms with E-state index >= 15 is 0 Å². The summed E-state index contributed by atoms with van der Waals surface area (Å²) in [5.41, 5.74) is 2.37. The summed E-state index contributed by atoms with van der Waals surface area (Å²) < 4.78 is 5.16. The SMILES string of the molecule is CCN(Cc1ccncc1)C(=S)NCc1ccc(OC)cc1. The van der Waals surface area contributed by atoms with Crippen molar-refractivity contribution in [3.05, 3.63) is 59.9 Å². The third-order valence-electron chi connectivity index (χ3n) is 3.39. The maximum absolute atomic E-state index is 5.50. The molecule has 0 fully saturated rings. The van der Waals surface area contributed by atoms with Gasteiger partial charge < -0.3 is 15.0 Å². The summed E-state index contributed by atoms with van der Waals surface area (Å²) in [6, 6.07) is 12.0. The largest absolute Gasteiger partial charge is 0.497 e. The van der Waals surface area contributed by atoms with Crippen LogP contribution in [0.5, 0.6) is 5.75 Å². The van der Waals surface area contributed by atoms with E-state index in [1.54, 1.807) is 19.5 Å². The fourth-order valence-electron chi connectivity index (χ4n) is 2.07. The molecule has 0 aliphatic carbocycles. The predicted octanol–water partition coefficient (Wildman–Crippen LogP) is 2.99. The standard InChI is InChI=1S/C17H21N3OS/c1-3-20(13-15-8-10-18-11-9-15)17(22)19-12-14-4-6-16(21-2)7-5-14/h4-11H,3,12-13H2,1-2H3,(H,19,22). The molecular weight excluding hydrogens is 294 g/mol. The van der Waals surface area contributed by atoms with Crippen molar-refractivity contribution in [2.24, 2.45) is 0 Å². The molecule has 1 heterocycles. The molecule has 116 valence electrons. The highest BCUT2D eigenvalue weighted by Crippen LogP contribution is 2.11. The van der Waals surface area contributed by atoms with Crippen molar-refractivity contribution in [3.63, 3.8) is 0 Å². The lowest BCUT2D eigenvalue weighted by Gasteiger charge is -2.24. The molecule has 0 amide bonds. The third-order valence-corrected chi connectivity index (χ3v) is 3.80. The number of ether oxygens (including phenoxy) is 1. The van der Waals surface area contributed by atoms with Crippen molar-refractivity contribution in [1.29, 1.82) is 0 Å². The van der Waals surface area contributed by atoms with E-state index in [2.05, 4.69) is 22.1 Å². The first-order chi connectivity index (χ1) is 10.7. The average molecular weight is 315 g/mol. The summed E-state index contributed by atoms with van der Waals surface area (Å²) in [5, 5.41) is 4.07. The molecule has 0 saturated heterocycles. The number of thiocarbonyl (C=S) groups is 1. The smallest absolute Gasteiger partial charge is 0.169 e. The number of methoxy groups -OCH3 is 1. The number of nitrogens with zero attached hydrogens (tertiary/aromatic N) is 2. The lowest BCUT2D eigenvalue weighted by Crippen LogP contribution is -2.38. The number of hydrogen-bond donors (Lipinski definition) is 1. The number of aromatic nitrogens is 1. The van der Waals surface area contributed by atoms with Gasteiger partial charge in [0.2, 0.25) is 0 Å². The van der Waals surface area contributed by atoms with Crippen molar-refractivity contribution in [2.45, 2.75) is 20.0 Å². The number of hydrogen-bond acceptors (Lipinski definition) is 3. The zero-order chi connectivity index (χ0) is 15.8. The minimum Gasteiger partial charge on any atom is -0.497 e. The molecule has 22 heavy (non-hydrogen) atoms. The Morgan fingerprint density at radius 2 is 1.82 bits per heavy atom. The van der Waals surface area contributed by atoms with Crippen molar-refractivity contribution in [3.8, 4) is 5.75 Å². The summed E-state index contributed by atoms with van der Waals surface area (Å²) in [5.74, 6) is 0.860. The molecule has 4 nitrogen and oxygen atoms in total. The van der Waals surface area contributed by atoms with Gasteiger partial charge in [-0.25, -0.2) is 0 Å². The van der Waals surface area contributed by atoms with Crippen LogP contribution < -0.4 is 10.1 Å². The van der Waals surface area contributed by atoms with E-state index in [1.165, 1.54) is 11.1 Å². The molecular formula is C17H21N3OS. The highest BCUT2D eigenvalue weighted by atomic mass is 32.1. The van der Waals surface area contributed by atoms with E-state index in [0.29, 0.717) is 6.54 Å². The van der Waals surface area contributed by atoms with Gasteiger partial charge in [-0.05, 0) is 54.5 Å². The van der Waals surface area contributed by atoms with Gasteiger partial charge in [0.15, 0.2) is 5.11 Å². The van der Waals surface area contributed by atoms with E-state index in [0.717, 1.165) is 24.0 Å². The van der Waals surface area contributed by atoms with Crippen LogP contribution in [0.15, 0.2) is 48.8 Å². The zero-order valence-corrected chi connectivity index (χ0v) is 13.8. The van der Waals surface area contributed by atoms with Gasteiger partial charge in [-0.2, -0.15) is 0 Å². The Morgan fingerprint density at radius 3 is 2.41 bits per heavy atom. The first-order valence-electron chi connectivity index (χ1n) is 7.27. The van der Waals surface area contributed by atoms with E-state index in [9.17, 15) is 0 Å². The molecule has 0 spiro atoms. The van der Waals surface area contributed by atoms with Crippen LogP contribution in [-0.4, -0.2) is 28.7 Å². The molecule has 0 radical (unpaired) electrons. The first-order valence-corrected chi connectivity index (χ1v) is 7.68. The second-order valence-corrected chi connectivity index (χ2v) is 5.26. The maximum Gasteiger partial charge on any atom is 0.169 e. The Balaban J connectivity index is 1.88. The van der Waals surface area contributed by atoms with Crippen molar-refractivity contribution < 1.29 is 4.74 Å². The van der Waals surface area contributed by atoms with E-state index < -0.39 is 0 Å². The second-order valence-electron chi connectivity index (χ2n) is 4.88. The summed E-state index contributed by atoms with van der Waals surface area (Å²) in [4.78, 5) is 6.17. The lowest BCUT2D eigenvalue weighted by atomic mass is 10.2. The monoisotopic (exact) mass is 315 g/mol. The number of nitrogens with one attached hydrogen (secondary N) is 1. The maximum atomic E-state index is 5.50. The molecule has 0 bridgehead atoms. The quantitative estimate of drug-likeness (QED) is 0.830. The molecule has 2 aromatic rings. The average Bonchev–Trinajstić information content (AvgIpc) is 2.59. The third kappa shape index (κ3) is 4.70. The van der Waals surface area contributed by atoms with Crippen LogP contribution in [0.2, 0.25) is 0 Å². The summed E-state index contributed by atoms with van der Waals surface area (Å²) in [6.45, 7) is 4.45. The van der Waals surface area contributed by atoms with Crippen LogP contribution in [0.4, 0.5) is 0 Å². The highest BCUT2D eigenvalue weighted by molar-refractivity contribution is 7.80. The van der Waals surface area contributed by atoms with Crippen LogP contribution in [0.3, 0.4) is 0 Å². The van der Waals surface area contributed by atoms with Gasteiger partial charge in [-0.1, -0.05) is 12.1 Å². The molecule has 0 atom stereocenters. The minimum absolute atomic E-state index is 0.704. The Morgan fingerprint density at radius 1 is 1.14 bits per heavy atom. The number of pyridine rings is 1. The van der Waals surface area contributed by atoms with Gasteiger partial charge in [0.25, 0.3) is 0 Å². The molecule has 0 unspecified atom stereocenters. The van der Waals surface area contributed by atoms with Gasteiger partial charge in [0.1, 0.15) is 5.75 Å². The Kier molecular flexibility index (Phi) is 6.15. The summed E-state index contributed by atoms with van der Waals surface area (Å²) in [6.07, 6.45) is 3.61. The van der Waals surface area contributed by atoms with Crippen molar-refractivity contribution in [1.82, 2.24) is 15.2 Å². The predicted molar refractivity (Wildman–Crippen MR) is 92.8 cm³/mol. The molecule has 5 heteroatoms. The Bertz CT molecular complexity index is 587. The van der Waals surface area contributed by atoms with Crippen LogP contribution in [0.1, 0.15) is 18.1 Å². The van der Waals surface area contributed by atoms with Crippen LogP contribution in [-0.2, 0) is 13.1 Å². The zero-order valence-electron chi connectivity index (χ0n) is 13.0. The van der Waals surface area contributed by atoms with Crippen molar-refractivity contribution in [2.75, 3.05) is 13.7 Å². The Labute approximate surface area is 137 Å². The lowest BCUT2D eigenvalue weighted by molar-refractivity contribution is 0.414. The Hall–Kier alpha value is -2.14. The van der Waals surface area contributed by atoms with Crippen LogP contribution in [0, 0.1) is 0 Å². The fraction of sp³-hybridized carbons (Fsp3) is 0.294. The molecule has 2 rings (SSSR count). The van der Waals surface area contributed by atoms with E-state index in [1.807, 2.05) is 36.4 Å². The van der Waals surface area contributed by atoms with Gasteiger partial charge >= 0.3 is 0 Å². The van der Waals surface area contributed by atoms with Crippen LogP contribution in [0.25, 0.3) is 0 Å². The molecule has 0 aliphatic rings. The van der Waals surface area contributed by atoms with Crippen LogP contribution >= 0.6 is 12.2 Å². The van der Waals surface area contributed by atoms with E-state index in [4.69, 9.17) is 17.0 Å². The molecule has 0 saturated carbocycles. The molecule has 1 N–H and O–H groups in total. The normalized spacial score (nSPS) is 10.1. The van der Waals surface area contributed by atoms with Gasteiger partial charge in [0.05, 0.1) is 7.11 Å². The molecule has 0 aliphatic heterocycles. The summed E-state index contributed by atoms with van der Waals surface area (Å²) in [7, 11) is 1.67. The second kappa shape index (κ2) is 8.34. The van der Waals surface area contributed by atoms with E-state index in [-0.39, 0.29) is 0 Å².